The molecular formula is C27H42. The summed E-state index contributed by atoms with van der Waals surface area (Å²) >= 11 is 0. The molecule has 0 aromatic heterocycles. The van der Waals surface area contributed by atoms with Crippen molar-refractivity contribution in [1.82, 2.24) is 0 Å². The Hall–Kier alpha value is -1.30. The molecule has 0 fully saturated rings. The molecule has 0 bridgehead atoms. The molecule has 0 spiro atoms. The molecule has 1 unspecified atom stereocenters. The van der Waals surface area contributed by atoms with Crippen LogP contribution in [0.5, 0.6) is 0 Å². The lowest BCUT2D eigenvalue weighted by molar-refractivity contribution is 0.529. The zero-order valence-corrected chi connectivity index (χ0v) is 18.2. The van der Waals surface area contributed by atoms with Gasteiger partial charge in [-0.25, -0.2) is 0 Å². The molecule has 0 radical (unpaired) electrons. The van der Waals surface area contributed by atoms with Crippen LogP contribution in [0.25, 0.3) is 10.8 Å². The van der Waals surface area contributed by atoms with Gasteiger partial charge in [0.15, 0.2) is 0 Å². The van der Waals surface area contributed by atoms with E-state index in [1.165, 1.54) is 99.8 Å². The first-order valence-corrected chi connectivity index (χ1v) is 11.7. The standard InChI is InChI=1S/C27H42/c1-4-5-6-7-8-9-10-11-12-13-14-15-18-23(2)26-22-17-21-25-20-16-19-24(3)27(25)26/h16-17,19-23H,4-15,18H2,1-3H3. The minimum absolute atomic E-state index is 0.665. The fraction of sp³-hybridized carbons (Fsp3) is 0.630. The Morgan fingerprint density at radius 2 is 1.19 bits per heavy atom. The van der Waals surface area contributed by atoms with Crippen LogP contribution in [-0.2, 0) is 0 Å². The van der Waals surface area contributed by atoms with Gasteiger partial charge in [-0.2, -0.15) is 0 Å². The van der Waals surface area contributed by atoms with E-state index in [1.54, 1.807) is 5.56 Å². The molecule has 2 aromatic carbocycles. The van der Waals surface area contributed by atoms with Crippen molar-refractivity contribution in [3.05, 3.63) is 47.5 Å². The molecule has 0 aliphatic rings. The maximum atomic E-state index is 2.42. The van der Waals surface area contributed by atoms with Gasteiger partial charge in [0.1, 0.15) is 0 Å². The average molecular weight is 367 g/mol. The van der Waals surface area contributed by atoms with Gasteiger partial charge in [-0.3, -0.25) is 0 Å². The number of fused-ring (bicyclic) bond motifs is 1. The number of aryl methyl sites for hydroxylation is 1. The zero-order chi connectivity index (χ0) is 19.3. The summed E-state index contributed by atoms with van der Waals surface area (Å²) in [5.41, 5.74) is 2.97. The topological polar surface area (TPSA) is 0 Å². The van der Waals surface area contributed by atoms with E-state index in [2.05, 4.69) is 57.2 Å². The van der Waals surface area contributed by atoms with Crippen LogP contribution >= 0.6 is 0 Å². The molecule has 0 heteroatoms. The maximum Gasteiger partial charge on any atom is -0.0120 e. The first kappa shape index (κ1) is 22.0. The van der Waals surface area contributed by atoms with Gasteiger partial charge >= 0.3 is 0 Å². The Bertz CT molecular complexity index is 634. The van der Waals surface area contributed by atoms with E-state index in [0.29, 0.717) is 5.92 Å². The maximum absolute atomic E-state index is 2.42. The third-order valence-corrected chi connectivity index (χ3v) is 6.17. The molecule has 0 aliphatic heterocycles. The Kier molecular flexibility index (Phi) is 10.6. The number of rotatable bonds is 14. The summed E-state index contributed by atoms with van der Waals surface area (Å²) in [5.74, 6) is 0.665. The highest BCUT2D eigenvalue weighted by Gasteiger charge is 2.10. The predicted octanol–water partition coefficient (Wildman–Crippen LogP) is 9.34. The monoisotopic (exact) mass is 366 g/mol. The van der Waals surface area contributed by atoms with Crippen LogP contribution in [0.4, 0.5) is 0 Å². The fourth-order valence-electron chi connectivity index (χ4n) is 4.42. The molecule has 0 nitrogen and oxygen atoms in total. The molecule has 0 N–H and O–H groups in total. The first-order chi connectivity index (χ1) is 13.2. The van der Waals surface area contributed by atoms with Gasteiger partial charge in [-0.15, -0.1) is 0 Å². The van der Waals surface area contributed by atoms with Crippen molar-refractivity contribution >= 4 is 10.8 Å². The molecule has 0 saturated heterocycles. The zero-order valence-electron chi connectivity index (χ0n) is 18.2. The lowest BCUT2D eigenvalue weighted by Crippen LogP contribution is -1.96. The van der Waals surface area contributed by atoms with E-state index >= 15 is 0 Å². The van der Waals surface area contributed by atoms with Crippen molar-refractivity contribution < 1.29 is 0 Å². The van der Waals surface area contributed by atoms with Crippen LogP contribution in [0.3, 0.4) is 0 Å². The van der Waals surface area contributed by atoms with Gasteiger partial charge in [-0.1, -0.05) is 127 Å². The van der Waals surface area contributed by atoms with E-state index in [4.69, 9.17) is 0 Å². The Morgan fingerprint density at radius 3 is 1.78 bits per heavy atom. The number of hydrogen-bond donors (Lipinski definition) is 0. The summed E-state index contributed by atoms with van der Waals surface area (Å²) in [6.45, 7) is 6.96. The molecule has 2 rings (SSSR count). The minimum atomic E-state index is 0.665. The van der Waals surface area contributed by atoms with E-state index in [1.807, 2.05) is 0 Å². The van der Waals surface area contributed by atoms with E-state index in [9.17, 15) is 0 Å². The van der Waals surface area contributed by atoms with Gasteiger partial charge < -0.3 is 0 Å². The predicted molar refractivity (Wildman–Crippen MR) is 123 cm³/mol. The Labute approximate surface area is 168 Å². The summed E-state index contributed by atoms with van der Waals surface area (Å²) in [7, 11) is 0. The molecule has 0 amide bonds. The number of benzene rings is 2. The van der Waals surface area contributed by atoms with Gasteiger partial charge in [0.05, 0.1) is 0 Å². The molecule has 1 atom stereocenters. The van der Waals surface area contributed by atoms with Gasteiger partial charge in [0.25, 0.3) is 0 Å². The van der Waals surface area contributed by atoms with Crippen molar-refractivity contribution in [2.75, 3.05) is 0 Å². The highest BCUT2D eigenvalue weighted by molar-refractivity contribution is 5.89. The Morgan fingerprint density at radius 1 is 0.667 bits per heavy atom. The molecule has 0 heterocycles. The lowest BCUT2D eigenvalue weighted by Gasteiger charge is -2.16. The van der Waals surface area contributed by atoms with Crippen LogP contribution in [0.2, 0.25) is 0 Å². The molecule has 2 aromatic rings. The van der Waals surface area contributed by atoms with Crippen molar-refractivity contribution in [3.8, 4) is 0 Å². The van der Waals surface area contributed by atoms with Crippen LogP contribution in [0, 0.1) is 6.92 Å². The molecule has 27 heavy (non-hydrogen) atoms. The van der Waals surface area contributed by atoms with E-state index in [-0.39, 0.29) is 0 Å². The fourth-order valence-corrected chi connectivity index (χ4v) is 4.42. The minimum Gasteiger partial charge on any atom is -0.0654 e. The summed E-state index contributed by atoms with van der Waals surface area (Å²) in [5, 5.41) is 2.89. The van der Waals surface area contributed by atoms with Gasteiger partial charge in [0.2, 0.25) is 0 Å². The first-order valence-electron chi connectivity index (χ1n) is 11.7. The summed E-state index contributed by atoms with van der Waals surface area (Å²) in [4.78, 5) is 0. The van der Waals surface area contributed by atoms with E-state index < -0.39 is 0 Å². The highest BCUT2D eigenvalue weighted by Crippen LogP contribution is 2.31. The van der Waals surface area contributed by atoms with Crippen molar-refractivity contribution in [2.24, 2.45) is 0 Å². The van der Waals surface area contributed by atoms with Gasteiger partial charge in [-0.05, 0) is 41.2 Å². The van der Waals surface area contributed by atoms with Crippen LogP contribution in [-0.4, -0.2) is 0 Å². The third kappa shape index (κ3) is 7.68. The smallest absolute Gasteiger partial charge is 0.0120 e. The highest BCUT2D eigenvalue weighted by atomic mass is 14.1. The van der Waals surface area contributed by atoms with Crippen LogP contribution in [0.15, 0.2) is 36.4 Å². The van der Waals surface area contributed by atoms with Crippen LogP contribution < -0.4 is 0 Å². The molecule has 0 saturated carbocycles. The quantitative estimate of drug-likeness (QED) is 0.292. The largest absolute Gasteiger partial charge is 0.0654 e. The normalized spacial score (nSPS) is 12.6. The third-order valence-electron chi connectivity index (χ3n) is 6.17. The second-order valence-electron chi connectivity index (χ2n) is 8.60. The van der Waals surface area contributed by atoms with Crippen molar-refractivity contribution in [2.45, 2.75) is 110 Å². The molecular weight excluding hydrogens is 324 g/mol. The summed E-state index contributed by atoms with van der Waals surface area (Å²) in [6.07, 6.45) is 18.5. The lowest BCUT2D eigenvalue weighted by atomic mass is 9.89. The van der Waals surface area contributed by atoms with Crippen LogP contribution in [0.1, 0.15) is 114 Å². The SMILES string of the molecule is CCCCCCCCCCCCCCC(C)c1cccc2cccc(C)c12. The molecule has 150 valence electrons. The number of hydrogen-bond acceptors (Lipinski definition) is 0. The second-order valence-corrected chi connectivity index (χ2v) is 8.60. The average Bonchev–Trinajstić information content (AvgIpc) is 2.68. The van der Waals surface area contributed by atoms with Crippen molar-refractivity contribution in [1.29, 1.82) is 0 Å². The Balaban J connectivity index is 1.59. The second kappa shape index (κ2) is 13.0. The van der Waals surface area contributed by atoms with Gasteiger partial charge in [0, 0.05) is 0 Å². The summed E-state index contributed by atoms with van der Waals surface area (Å²) in [6, 6.07) is 13.5. The molecule has 0 aliphatic carbocycles. The summed E-state index contributed by atoms with van der Waals surface area (Å²) < 4.78 is 0. The van der Waals surface area contributed by atoms with Crippen molar-refractivity contribution in [3.63, 3.8) is 0 Å². The number of unbranched alkanes of at least 4 members (excludes halogenated alkanes) is 11. The van der Waals surface area contributed by atoms with E-state index in [0.717, 1.165) is 0 Å².